The number of hydrogen-bond donors (Lipinski definition) is 1. The molecule has 0 radical (unpaired) electrons. The first kappa shape index (κ1) is 21.7. The molecule has 7 heteroatoms. The molecule has 2 heterocycles. The molecule has 162 valence electrons. The fraction of sp³-hybridized carbons (Fsp3) is 0.292. The first-order valence-electron chi connectivity index (χ1n) is 10.2. The van der Waals surface area contributed by atoms with E-state index in [9.17, 15) is 13.2 Å². The number of fused-ring (bicyclic) bond motifs is 1. The van der Waals surface area contributed by atoms with Crippen LogP contribution in [0.4, 0.5) is 5.69 Å². The minimum atomic E-state index is -3.80. The molecule has 0 spiro atoms. The molecule has 0 aliphatic carbocycles. The van der Waals surface area contributed by atoms with Gasteiger partial charge in [0.15, 0.2) is 0 Å². The Hall–Kier alpha value is -2.48. The highest BCUT2D eigenvalue weighted by Gasteiger charge is 2.40. The number of hydrogen-bond acceptors (Lipinski definition) is 4. The van der Waals surface area contributed by atoms with Crippen molar-refractivity contribution in [1.29, 1.82) is 0 Å². The summed E-state index contributed by atoms with van der Waals surface area (Å²) in [5.41, 5.74) is 3.50. The lowest BCUT2D eigenvalue weighted by Crippen LogP contribution is -2.50. The van der Waals surface area contributed by atoms with Gasteiger partial charge in [-0.25, -0.2) is 8.42 Å². The van der Waals surface area contributed by atoms with Gasteiger partial charge in [0.25, 0.3) is 10.0 Å². The molecule has 1 amide bonds. The fourth-order valence-electron chi connectivity index (χ4n) is 3.96. The summed E-state index contributed by atoms with van der Waals surface area (Å²) < 4.78 is 28.4. The second-order valence-electron chi connectivity index (χ2n) is 8.76. The molecule has 1 aliphatic rings. The Balaban J connectivity index is 1.72. The van der Waals surface area contributed by atoms with E-state index in [4.69, 9.17) is 0 Å². The van der Waals surface area contributed by atoms with Crippen LogP contribution < -0.4 is 5.32 Å². The van der Waals surface area contributed by atoms with E-state index in [1.54, 1.807) is 17.5 Å². The van der Waals surface area contributed by atoms with E-state index in [-0.39, 0.29) is 22.1 Å². The van der Waals surface area contributed by atoms with Crippen LogP contribution in [0.15, 0.2) is 70.3 Å². The lowest BCUT2D eigenvalue weighted by molar-refractivity contribution is -0.120. The number of anilines is 1. The number of rotatable bonds is 4. The summed E-state index contributed by atoms with van der Waals surface area (Å²) in [7, 11) is -3.80. The average molecular weight is 455 g/mol. The molecule has 1 aliphatic heterocycles. The zero-order valence-corrected chi connectivity index (χ0v) is 19.5. The Labute approximate surface area is 187 Å². The Bertz CT molecular complexity index is 1200. The summed E-state index contributed by atoms with van der Waals surface area (Å²) in [4.78, 5) is 13.5. The van der Waals surface area contributed by atoms with Crippen molar-refractivity contribution in [2.24, 2.45) is 0 Å². The maximum absolute atomic E-state index is 13.5. The number of sulfonamides is 1. The van der Waals surface area contributed by atoms with Crippen molar-refractivity contribution in [1.82, 2.24) is 4.31 Å². The van der Waals surface area contributed by atoms with E-state index in [0.717, 1.165) is 16.7 Å². The Morgan fingerprint density at radius 1 is 1.00 bits per heavy atom. The molecular formula is C24H26N2O3S2. The topological polar surface area (TPSA) is 66.5 Å². The van der Waals surface area contributed by atoms with Gasteiger partial charge in [-0.2, -0.15) is 4.31 Å². The number of carbonyl (C=O) groups excluding carboxylic acids is 1. The smallest absolute Gasteiger partial charge is 0.253 e. The van der Waals surface area contributed by atoms with Crippen LogP contribution in [0.1, 0.15) is 37.5 Å². The van der Waals surface area contributed by atoms with Crippen molar-refractivity contribution in [2.45, 2.75) is 49.4 Å². The van der Waals surface area contributed by atoms with Gasteiger partial charge in [-0.1, -0.05) is 69.3 Å². The molecule has 0 saturated carbocycles. The molecule has 1 aromatic heterocycles. The maximum Gasteiger partial charge on any atom is 0.253 e. The van der Waals surface area contributed by atoms with Crippen LogP contribution in [0.2, 0.25) is 0 Å². The van der Waals surface area contributed by atoms with Gasteiger partial charge in [0, 0.05) is 12.2 Å². The molecular weight excluding hydrogens is 428 g/mol. The van der Waals surface area contributed by atoms with Crippen molar-refractivity contribution in [3.63, 3.8) is 0 Å². The molecule has 4 rings (SSSR count). The van der Waals surface area contributed by atoms with Gasteiger partial charge in [0.2, 0.25) is 5.91 Å². The minimum absolute atomic E-state index is 0.161. The van der Waals surface area contributed by atoms with Crippen LogP contribution in [0, 0.1) is 0 Å². The zero-order valence-electron chi connectivity index (χ0n) is 17.8. The molecule has 1 N–H and O–H groups in total. The van der Waals surface area contributed by atoms with Gasteiger partial charge in [0.05, 0.1) is 0 Å². The van der Waals surface area contributed by atoms with E-state index in [0.29, 0.717) is 12.1 Å². The first-order chi connectivity index (χ1) is 14.7. The maximum atomic E-state index is 13.5. The summed E-state index contributed by atoms with van der Waals surface area (Å²) >= 11 is 1.17. The predicted octanol–water partition coefficient (Wildman–Crippen LogP) is 4.80. The van der Waals surface area contributed by atoms with Gasteiger partial charge in [0.1, 0.15) is 10.3 Å². The van der Waals surface area contributed by atoms with E-state index >= 15 is 0 Å². The molecule has 5 nitrogen and oxygen atoms in total. The van der Waals surface area contributed by atoms with E-state index in [1.807, 2.05) is 48.5 Å². The summed E-state index contributed by atoms with van der Waals surface area (Å²) in [5.74, 6) is -0.314. The van der Waals surface area contributed by atoms with Crippen molar-refractivity contribution >= 4 is 33.0 Å². The fourth-order valence-corrected chi connectivity index (χ4v) is 6.65. The molecule has 0 bridgehead atoms. The summed E-state index contributed by atoms with van der Waals surface area (Å²) in [6, 6.07) is 17.9. The number of para-hydroxylation sites is 1. The largest absolute Gasteiger partial charge is 0.324 e. The Morgan fingerprint density at radius 2 is 1.68 bits per heavy atom. The third-order valence-electron chi connectivity index (χ3n) is 5.56. The second-order valence-corrected chi connectivity index (χ2v) is 11.8. The highest BCUT2D eigenvalue weighted by Crippen LogP contribution is 2.33. The summed E-state index contributed by atoms with van der Waals surface area (Å²) in [6.45, 7) is 6.43. The lowest BCUT2D eigenvalue weighted by atomic mass is 9.85. The third kappa shape index (κ3) is 4.31. The Kier molecular flexibility index (Phi) is 5.77. The standard InChI is InChI=1S/C24H26N2O3S2/c1-24(2,3)19-11-6-7-12-20(19)25-23(27)21-15-17-9-4-5-10-18(17)16-26(21)31(28,29)22-13-8-14-30-22/h4-14,21H,15-16H2,1-3H3,(H,25,27)/t21-/m1/s1. The monoisotopic (exact) mass is 454 g/mol. The molecule has 2 aromatic carbocycles. The molecule has 0 unspecified atom stereocenters. The first-order valence-corrected chi connectivity index (χ1v) is 12.5. The van der Waals surface area contributed by atoms with Crippen molar-refractivity contribution in [3.05, 3.63) is 82.7 Å². The van der Waals surface area contributed by atoms with Crippen LogP contribution >= 0.6 is 11.3 Å². The minimum Gasteiger partial charge on any atom is -0.324 e. The van der Waals surface area contributed by atoms with Crippen molar-refractivity contribution in [2.75, 3.05) is 5.32 Å². The van der Waals surface area contributed by atoms with E-state index in [2.05, 4.69) is 26.1 Å². The van der Waals surface area contributed by atoms with Crippen molar-refractivity contribution in [3.8, 4) is 0 Å². The molecule has 3 aromatic rings. The highest BCUT2D eigenvalue weighted by atomic mass is 32.2. The van der Waals surface area contributed by atoms with E-state index < -0.39 is 16.1 Å². The number of nitrogens with one attached hydrogen (secondary N) is 1. The lowest BCUT2D eigenvalue weighted by Gasteiger charge is -2.35. The molecule has 0 saturated heterocycles. The third-order valence-corrected chi connectivity index (χ3v) is 8.79. The summed E-state index contributed by atoms with van der Waals surface area (Å²) in [6.07, 6.45) is 0.338. The van der Waals surface area contributed by atoms with Crippen molar-refractivity contribution < 1.29 is 13.2 Å². The molecule has 31 heavy (non-hydrogen) atoms. The van der Waals surface area contributed by atoms with Gasteiger partial charge < -0.3 is 5.32 Å². The number of carbonyl (C=O) groups is 1. The second kappa shape index (κ2) is 8.22. The average Bonchev–Trinajstić information content (AvgIpc) is 3.28. The highest BCUT2D eigenvalue weighted by molar-refractivity contribution is 7.91. The predicted molar refractivity (Wildman–Crippen MR) is 125 cm³/mol. The number of nitrogens with zero attached hydrogens (tertiary/aromatic N) is 1. The van der Waals surface area contributed by atoms with Crippen LogP contribution in [-0.2, 0) is 33.2 Å². The van der Waals surface area contributed by atoms with Crippen LogP contribution in [0.3, 0.4) is 0 Å². The molecule has 0 fully saturated rings. The van der Waals surface area contributed by atoms with Gasteiger partial charge in [-0.3, -0.25) is 4.79 Å². The molecule has 1 atom stereocenters. The summed E-state index contributed by atoms with van der Waals surface area (Å²) in [5, 5.41) is 4.76. The number of benzene rings is 2. The normalized spacial score (nSPS) is 17.2. The SMILES string of the molecule is CC(C)(C)c1ccccc1NC(=O)[C@H]1Cc2ccccc2CN1S(=O)(=O)c1cccs1. The van der Waals surface area contributed by atoms with Gasteiger partial charge >= 0.3 is 0 Å². The van der Waals surface area contributed by atoms with Gasteiger partial charge in [-0.15, -0.1) is 11.3 Å². The van der Waals surface area contributed by atoms with Gasteiger partial charge in [-0.05, 0) is 46.0 Å². The zero-order chi connectivity index (χ0) is 22.2. The number of amides is 1. The van der Waals surface area contributed by atoms with Crippen LogP contribution in [-0.4, -0.2) is 24.7 Å². The number of thiophene rings is 1. The van der Waals surface area contributed by atoms with Crippen LogP contribution in [0.25, 0.3) is 0 Å². The Morgan fingerprint density at radius 3 is 2.35 bits per heavy atom. The quantitative estimate of drug-likeness (QED) is 0.616. The van der Waals surface area contributed by atoms with Crippen LogP contribution in [0.5, 0.6) is 0 Å². The van der Waals surface area contributed by atoms with E-state index in [1.165, 1.54) is 15.6 Å².